The van der Waals surface area contributed by atoms with Crippen LogP contribution in [0.4, 0.5) is 0 Å². The maximum atomic E-state index is 4.78. The Morgan fingerprint density at radius 1 is 0.727 bits per heavy atom. The Morgan fingerprint density at radius 2 is 1.27 bits per heavy atom. The molecular weight excluding hydrogens is 285 g/mol. The molecule has 0 aliphatic carbocycles. The molecular formula is C20H20NP. The third-order valence-electron chi connectivity index (χ3n) is 3.70. The van der Waals surface area contributed by atoms with Crippen molar-refractivity contribution in [2.45, 2.75) is 19.8 Å². The van der Waals surface area contributed by atoms with Gasteiger partial charge in [0.25, 0.3) is 0 Å². The number of nitrogens with zero attached hydrogens (tertiary/aromatic N) is 1. The normalized spacial score (nSPS) is 11.1. The molecule has 0 spiro atoms. The molecule has 0 aliphatic heterocycles. The van der Waals surface area contributed by atoms with Gasteiger partial charge in [0.1, 0.15) is 0 Å². The van der Waals surface area contributed by atoms with Crippen LogP contribution in [0.2, 0.25) is 0 Å². The van der Waals surface area contributed by atoms with Crippen LogP contribution in [0.3, 0.4) is 0 Å². The van der Waals surface area contributed by atoms with Gasteiger partial charge < -0.3 is 0 Å². The summed E-state index contributed by atoms with van der Waals surface area (Å²) in [7, 11) is -0.589. The Kier molecular flexibility index (Phi) is 4.65. The van der Waals surface area contributed by atoms with Gasteiger partial charge in [-0.05, 0) is 28.2 Å². The van der Waals surface area contributed by atoms with Crippen LogP contribution >= 0.6 is 7.92 Å². The van der Waals surface area contributed by atoms with E-state index in [-0.39, 0.29) is 0 Å². The van der Waals surface area contributed by atoms with Gasteiger partial charge in [-0.3, -0.25) is 4.98 Å². The van der Waals surface area contributed by atoms with E-state index in [0.717, 1.165) is 5.44 Å². The first-order valence-electron chi connectivity index (χ1n) is 7.62. The SMILES string of the molecule is CC(C)c1ccc(P(c2ccccc2)c2ccccc2)nc1. The molecule has 0 amide bonds. The standard InChI is InChI=1S/C20H20NP/c1-16(2)17-13-14-20(21-15-17)22(18-9-5-3-6-10-18)19-11-7-4-8-12-19/h3-16H,1-2H3. The molecule has 0 saturated carbocycles. The fraction of sp³-hybridized carbons (Fsp3) is 0.150. The highest BCUT2D eigenvalue weighted by Crippen LogP contribution is 2.31. The molecule has 1 aromatic heterocycles. The maximum Gasteiger partial charge on any atom is 0.0721 e. The summed E-state index contributed by atoms with van der Waals surface area (Å²) in [4.78, 5) is 4.78. The fourth-order valence-corrected chi connectivity index (χ4v) is 4.60. The molecule has 110 valence electrons. The lowest BCUT2D eigenvalue weighted by molar-refractivity contribution is 0.860. The van der Waals surface area contributed by atoms with Crippen molar-refractivity contribution in [1.29, 1.82) is 0 Å². The molecule has 3 rings (SSSR count). The van der Waals surface area contributed by atoms with Crippen molar-refractivity contribution < 1.29 is 0 Å². The summed E-state index contributed by atoms with van der Waals surface area (Å²) in [6, 6.07) is 25.8. The molecule has 22 heavy (non-hydrogen) atoms. The number of hydrogen-bond acceptors (Lipinski definition) is 1. The zero-order valence-electron chi connectivity index (χ0n) is 13.0. The quantitative estimate of drug-likeness (QED) is 0.665. The molecule has 2 aromatic carbocycles. The van der Waals surface area contributed by atoms with Gasteiger partial charge in [0.05, 0.1) is 5.44 Å². The lowest BCUT2D eigenvalue weighted by Crippen LogP contribution is -2.22. The van der Waals surface area contributed by atoms with E-state index in [0.29, 0.717) is 5.92 Å². The fourth-order valence-electron chi connectivity index (χ4n) is 2.44. The molecule has 0 bridgehead atoms. The zero-order chi connectivity index (χ0) is 15.4. The van der Waals surface area contributed by atoms with Crippen molar-refractivity contribution in [3.63, 3.8) is 0 Å². The molecule has 3 aromatic rings. The largest absolute Gasteiger partial charge is 0.256 e. The van der Waals surface area contributed by atoms with Crippen molar-refractivity contribution in [2.24, 2.45) is 0 Å². The Morgan fingerprint density at radius 3 is 1.68 bits per heavy atom. The first kappa shape index (κ1) is 14.9. The Bertz CT molecular complexity index is 666. The second kappa shape index (κ2) is 6.85. The first-order chi connectivity index (χ1) is 10.8. The molecule has 2 heteroatoms. The van der Waals surface area contributed by atoms with Crippen LogP contribution in [0, 0.1) is 0 Å². The highest BCUT2D eigenvalue weighted by atomic mass is 31.1. The average molecular weight is 305 g/mol. The van der Waals surface area contributed by atoms with Crippen molar-refractivity contribution in [2.75, 3.05) is 0 Å². The van der Waals surface area contributed by atoms with E-state index in [1.54, 1.807) is 0 Å². The topological polar surface area (TPSA) is 12.9 Å². The van der Waals surface area contributed by atoms with Crippen LogP contribution in [-0.4, -0.2) is 4.98 Å². The van der Waals surface area contributed by atoms with Crippen LogP contribution in [0.25, 0.3) is 0 Å². The van der Waals surface area contributed by atoms with E-state index < -0.39 is 7.92 Å². The minimum absolute atomic E-state index is 0.515. The predicted octanol–water partition coefficient (Wildman–Crippen LogP) is 3.96. The van der Waals surface area contributed by atoms with Crippen LogP contribution in [0.5, 0.6) is 0 Å². The van der Waals surface area contributed by atoms with Crippen LogP contribution in [-0.2, 0) is 0 Å². The number of aromatic nitrogens is 1. The van der Waals surface area contributed by atoms with Gasteiger partial charge >= 0.3 is 0 Å². The van der Waals surface area contributed by atoms with Gasteiger partial charge in [-0.1, -0.05) is 80.6 Å². The summed E-state index contributed by atoms with van der Waals surface area (Å²) < 4.78 is 0. The molecule has 0 unspecified atom stereocenters. The van der Waals surface area contributed by atoms with Gasteiger partial charge in [-0.25, -0.2) is 0 Å². The molecule has 0 atom stereocenters. The van der Waals surface area contributed by atoms with E-state index in [4.69, 9.17) is 4.98 Å². The highest BCUT2D eigenvalue weighted by molar-refractivity contribution is 7.79. The highest BCUT2D eigenvalue weighted by Gasteiger charge is 2.17. The van der Waals surface area contributed by atoms with Crippen LogP contribution in [0.15, 0.2) is 79.0 Å². The smallest absolute Gasteiger partial charge is 0.0721 e. The van der Waals surface area contributed by atoms with E-state index in [2.05, 4.69) is 86.6 Å². The Labute approximate surface area is 133 Å². The van der Waals surface area contributed by atoms with E-state index >= 15 is 0 Å². The van der Waals surface area contributed by atoms with Crippen molar-refractivity contribution in [1.82, 2.24) is 4.98 Å². The van der Waals surface area contributed by atoms with Gasteiger partial charge in [0.2, 0.25) is 0 Å². The molecule has 0 radical (unpaired) electrons. The molecule has 0 N–H and O–H groups in total. The average Bonchev–Trinajstić information content (AvgIpc) is 2.57. The lowest BCUT2D eigenvalue weighted by atomic mass is 10.1. The molecule has 0 aliphatic rings. The summed E-state index contributed by atoms with van der Waals surface area (Å²) in [6.45, 7) is 4.40. The van der Waals surface area contributed by atoms with Gasteiger partial charge in [-0.15, -0.1) is 0 Å². The van der Waals surface area contributed by atoms with Gasteiger partial charge in [0.15, 0.2) is 0 Å². The number of hydrogen-bond donors (Lipinski definition) is 0. The minimum atomic E-state index is -0.589. The molecule has 0 fully saturated rings. The summed E-state index contributed by atoms with van der Waals surface area (Å²) >= 11 is 0. The van der Waals surface area contributed by atoms with E-state index in [1.807, 2.05) is 6.20 Å². The summed E-state index contributed by atoms with van der Waals surface area (Å²) in [5.41, 5.74) is 2.46. The van der Waals surface area contributed by atoms with Gasteiger partial charge in [-0.2, -0.15) is 0 Å². The summed E-state index contributed by atoms with van der Waals surface area (Å²) in [5, 5.41) is 2.68. The minimum Gasteiger partial charge on any atom is -0.256 e. The zero-order valence-corrected chi connectivity index (χ0v) is 13.9. The maximum absolute atomic E-state index is 4.78. The summed E-state index contributed by atoms with van der Waals surface area (Å²) in [5.74, 6) is 0.515. The lowest BCUT2D eigenvalue weighted by Gasteiger charge is -2.18. The van der Waals surface area contributed by atoms with E-state index in [1.165, 1.54) is 16.2 Å². The second-order valence-corrected chi connectivity index (χ2v) is 7.77. The van der Waals surface area contributed by atoms with Crippen LogP contribution in [0.1, 0.15) is 25.3 Å². The number of benzene rings is 2. The van der Waals surface area contributed by atoms with Crippen LogP contribution < -0.4 is 16.0 Å². The third-order valence-corrected chi connectivity index (χ3v) is 6.05. The van der Waals surface area contributed by atoms with Gasteiger partial charge in [0, 0.05) is 14.1 Å². The molecule has 0 saturated heterocycles. The predicted molar refractivity (Wildman–Crippen MR) is 97.0 cm³/mol. The van der Waals surface area contributed by atoms with Crippen molar-refractivity contribution in [3.05, 3.63) is 84.6 Å². The summed E-state index contributed by atoms with van der Waals surface area (Å²) in [6.07, 6.45) is 2.03. The number of pyridine rings is 1. The Hall–Kier alpha value is -1.98. The van der Waals surface area contributed by atoms with Crippen molar-refractivity contribution in [3.8, 4) is 0 Å². The molecule has 1 nitrogen and oxygen atoms in total. The van der Waals surface area contributed by atoms with Crippen molar-refractivity contribution >= 4 is 24.0 Å². The first-order valence-corrected chi connectivity index (χ1v) is 8.96. The monoisotopic (exact) mass is 305 g/mol. The second-order valence-electron chi connectivity index (χ2n) is 5.61. The van der Waals surface area contributed by atoms with E-state index in [9.17, 15) is 0 Å². The Balaban J connectivity index is 2.06. The third kappa shape index (κ3) is 3.26. The molecule has 1 heterocycles. The number of rotatable bonds is 4.